The zero-order valence-electron chi connectivity index (χ0n) is 15.3. The Morgan fingerprint density at radius 3 is 2.88 bits per heavy atom. The van der Waals surface area contributed by atoms with Crippen LogP contribution in [0.4, 0.5) is 0 Å². The molecule has 3 fully saturated rings. The second-order valence-corrected chi connectivity index (χ2v) is 8.85. The molecule has 1 amide bonds. The van der Waals surface area contributed by atoms with E-state index in [1.54, 1.807) is 6.92 Å². The summed E-state index contributed by atoms with van der Waals surface area (Å²) in [4.78, 5) is 16.6. The summed E-state index contributed by atoms with van der Waals surface area (Å²) in [6, 6.07) is 0.133. The highest BCUT2D eigenvalue weighted by molar-refractivity contribution is 7.99. The second-order valence-electron chi connectivity index (χ2n) is 7.87. The molecule has 1 saturated heterocycles. The summed E-state index contributed by atoms with van der Waals surface area (Å²) in [7, 11) is 0. The number of thioether (sulfide) groups is 1. The summed E-state index contributed by atoms with van der Waals surface area (Å²) in [6.45, 7) is 4.80. The van der Waals surface area contributed by atoms with Crippen molar-refractivity contribution in [1.82, 2.24) is 20.8 Å². The molecule has 4 atom stereocenters. The van der Waals surface area contributed by atoms with Gasteiger partial charge in [0.15, 0.2) is 5.82 Å². The Labute approximate surface area is 158 Å². The van der Waals surface area contributed by atoms with E-state index in [4.69, 9.17) is 9.26 Å². The molecular formula is C18H28N4O3S. The van der Waals surface area contributed by atoms with Crippen LogP contribution in [0.15, 0.2) is 4.52 Å². The summed E-state index contributed by atoms with van der Waals surface area (Å²) in [5.74, 6) is 4.35. The second kappa shape index (κ2) is 8.27. The van der Waals surface area contributed by atoms with E-state index in [2.05, 4.69) is 20.8 Å². The van der Waals surface area contributed by atoms with E-state index >= 15 is 0 Å². The third-order valence-electron chi connectivity index (χ3n) is 5.64. The minimum absolute atomic E-state index is 0.0701. The number of rotatable bonds is 8. The van der Waals surface area contributed by atoms with E-state index < -0.39 is 0 Å². The average molecular weight is 381 g/mol. The molecule has 2 aliphatic carbocycles. The van der Waals surface area contributed by atoms with Gasteiger partial charge >= 0.3 is 0 Å². The normalized spacial score (nSPS) is 31.0. The Kier molecular flexibility index (Phi) is 5.81. The largest absolute Gasteiger partial charge is 0.376 e. The first-order chi connectivity index (χ1) is 12.7. The lowest BCUT2D eigenvalue weighted by Crippen LogP contribution is -2.51. The first-order valence-corrected chi connectivity index (χ1v) is 10.8. The quantitative estimate of drug-likeness (QED) is 0.707. The number of hydrogen-bond acceptors (Lipinski definition) is 7. The first-order valence-electron chi connectivity index (χ1n) is 9.66. The molecule has 8 heteroatoms. The molecule has 7 nitrogen and oxygen atoms in total. The van der Waals surface area contributed by atoms with Crippen molar-refractivity contribution in [2.75, 3.05) is 25.4 Å². The van der Waals surface area contributed by atoms with Gasteiger partial charge < -0.3 is 19.9 Å². The number of carbonyl (C=O) groups is 1. The van der Waals surface area contributed by atoms with Gasteiger partial charge in [-0.05, 0) is 63.5 Å². The maximum atomic E-state index is 12.4. The minimum atomic E-state index is 0.0701. The van der Waals surface area contributed by atoms with Gasteiger partial charge in [-0.25, -0.2) is 0 Å². The molecule has 2 N–H and O–H groups in total. The van der Waals surface area contributed by atoms with Crippen molar-refractivity contribution in [3.8, 4) is 0 Å². The van der Waals surface area contributed by atoms with E-state index in [0.29, 0.717) is 35.1 Å². The predicted molar refractivity (Wildman–Crippen MR) is 98.7 cm³/mol. The van der Waals surface area contributed by atoms with Crippen LogP contribution in [0.2, 0.25) is 0 Å². The van der Waals surface area contributed by atoms with Gasteiger partial charge in [0, 0.05) is 6.61 Å². The van der Waals surface area contributed by atoms with E-state index in [-0.39, 0.29) is 18.1 Å². The van der Waals surface area contributed by atoms with Gasteiger partial charge in [0.2, 0.25) is 11.8 Å². The monoisotopic (exact) mass is 380 g/mol. The summed E-state index contributed by atoms with van der Waals surface area (Å²) in [5, 5.41) is 10.5. The van der Waals surface area contributed by atoms with Gasteiger partial charge in [-0.2, -0.15) is 4.98 Å². The predicted octanol–water partition coefficient (Wildman–Crippen LogP) is 1.52. The summed E-state index contributed by atoms with van der Waals surface area (Å²) in [5.41, 5.74) is 0. The molecule has 0 unspecified atom stereocenters. The number of hydrogen-bond donors (Lipinski definition) is 2. The number of fused-ring (bicyclic) bond motifs is 1. The lowest BCUT2D eigenvalue weighted by molar-refractivity contribution is -0.121. The standard InChI is InChI=1S/C18H28N4O3S/c1-11-20-18(25-22-11)10-26-9-17(23)21-15-4-13-6-19-7-14(13)5-16(15)24-8-12-2-3-12/h12-16,19H,2-10H2,1H3,(H,21,23)/t13-,14+,15-,16-/m0/s1. The third-order valence-corrected chi connectivity index (χ3v) is 6.56. The maximum Gasteiger partial charge on any atom is 0.236 e. The van der Waals surface area contributed by atoms with E-state index in [0.717, 1.165) is 38.5 Å². The Bertz CT molecular complexity index is 621. The number of carbonyl (C=O) groups excluding carboxylic acids is 1. The van der Waals surface area contributed by atoms with Gasteiger partial charge in [-0.1, -0.05) is 5.16 Å². The van der Waals surface area contributed by atoms with Crippen LogP contribution in [0.25, 0.3) is 0 Å². The molecule has 0 bridgehead atoms. The van der Waals surface area contributed by atoms with Crippen LogP contribution in [-0.2, 0) is 15.3 Å². The van der Waals surface area contributed by atoms with E-state index in [1.807, 2.05) is 0 Å². The number of nitrogens with one attached hydrogen (secondary N) is 2. The van der Waals surface area contributed by atoms with Crippen molar-refractivity contribution in [2.24, 2.45) is 17.8 Å². The van der Waals surface area contributed by atoms with Crippen LogP contribution in [0.1, 0.15) is 37.4 Å². The van der Waals surface area contributed by atoms with Crippen LogP contribution in [0.5, 0.6) is 0 Å². The fraction of sp³-hybridized carbons (Fsp3) is 0.833. The van der Waals surface area contributed by atoms with Crippen molar-refractivity contribution >= 4 is 17.7 Å². The molecule has 1 aliphatic heterocycles. The van der Waals surface area contributed by atoms with Crippen LogP contribution >= 0.6 is 11.8 Å². The van der Waals surface area contributed by atoms with Crippen LogP contribution in [-0.4, -0.2) is 53.6 Å². The van der Waals surface area contributed by atoms with Crippen LogP contribution in [0, 0.1) is 24.7 Å². The van der Waals surface area contributed by atoms with Crippen molar-refractivity contribution in [1.29, 1.82) is 0 Å². The lowest BCUT2D eigenvalue weighted by atomic mass is 9.77. The molecule has 3 aliphatic rings. The summed E-state index contributed by atoms with van der Waals surface area (Å²) >= 11 is 1.50. The third kappa shape index (κ3) is 4.78. The van der Waals surface area contributed by atoms with Crippen LogP contribution in [0.3, 0.4) is 0 Å². The fourth-order valence-corrected chi connectivity index (χ4v) is 4.70. The molecule has 1 aromatic heterocycles. The zero-order valence-corrected chi connectivity index (χ0v) is 16.1. The van der Waals surface area contributed by atoms with Crippen molar-refractivity contribution in [3.63, 3.8) is 0 Å². The zero-order chi connectivity index (χ0) is 17.9. The van der Waals surface area contributed by atoms with Gasteiger partial charge in [0.1, 0.15) is 0 Å². The smallest absolute Gasteiger partial charge is 0.236 e. The average Bonchev–Trinajstić information content (AvgIpc) is 3.18. The highest BCUT2D eigenvalue weighted by Crippen LogP contribution is 2.36. The molecule has 0 aromatic carbocycles. The molecule has 2 saturated carbocycles. The molecule has 144 valence electrons. The Morgan fingerprint density at radius 1 is 1.35 bits per heavy atom. The molecule has 26 heavy (non-hydrogen) atoms. The first kappa shape index (κ1) is 18.3. The minimum Gasteiger partial charge on any atom is -0.376 e. The van der Waals surface area contributed by atoms with Crippen LogP contribution < -0.4 is 10.6 Å². The maximum absolute atomic E-state index is 12.4. The molecule has 0 spiro atoms. The molecule has 4 rings (SSSR count). The summed E-state index contributed by atoms with van der Waals surface area (Å²) < 4.78 is 11.3. The topological polar surface area (TPSA) is 89.3 Å². The van der Waals surface area contributed by atoms with Crippen molar-refractivity contribution in [3.05, 3.63) is 11.7 Å². The highest BCUT2D eigenvalue weighted by atomic mass is 32.2. The molecular weight excluding hydrogens is 352 g/mol. The fourth-order valence-electron chi connectivity index (χ4n) is 4.04. The van der Waals surface area contributed by atoms with Gasteiger partial charge in [0.25, 0.3) is 0 Å². The number of aromatic nitrogens is 2. The van der Waals surface area contributed by atoms with Gasteiger partial charge in [-0.15, -0.1) is 11.8 Å². The SMILES string of the molecule is Cc1noc(CSCC(=O)N[C@H]2C[C@H]3CNC[C@H]3C[C@@H]2OCC2CC2)n1. The van der Waals surface area contributed by atoms with Gasteiger partial charge in [-0.3, -0.25) is 4.79 Å². The van der Waals surface area contributed by atoms with Crippen molar-refractivity contribution < 1.29 is 14.1 Å². The molecule has 2 heterocycles. The Hall–Kier alpha value is -1.12. The number of ether oxygens (including phenoxy) is 1. The highest BCUT2D eigenvalue weighted by Gasteiger charge is 2.41. The molecule has 1 aromatic rings. The lowest BCUT2D eigenvalue weighted by Gasteiger charge is -2.38. The Balaban J connectivity index is 1.26. The molecule has 0 radical (unpaired) electrons. The number of nitrogens with zero attached hydrogens (tertiary/aromatic N) is 2. The van der Waals surface area contributed by atoms with E-state index in [9.17, 15) is 4.79 Å². The summed E-state index contributed by atoms with van der Waals surface area (Å²) in [6.07, 6.45) is 4.83. The van der Waals surface area contributed by atoms with Crippen molar-refractivity contribution in [2.45, 2.75) is 50.5 Å². The Morgan fingerprint density at radius 2 is 2.15 bits per heavy atom. The number of aryl methyl sites for hydroxylation is 1. The van der Waals surface area contributed by atoms with E-state index in [1.165, 1.54) is 24.6 Å². The van der Waals surface area contributed by atoms with Gasteiger partial charge in [0.05, 0.1) is 23.7 Å². The number of amides is 1.